The number of hydrogen-bond acceptors (Lipinski definition) is 3. The summed E-state index contributed by atoms with van der Waals surface area (Å²) in [6, 6.07) is 6.17. The van der Waals surface area contributed by atoms with E-state index < -0.39 is 0 Å². The Kier molecular flexibility index (Phi) is 5.01. The van der Waals surface area contributed by atoms with Gasteiger partial charge < -0.3 is 10.0 Å². The van der Waals surface area contributed by atoms with Crippen LogP contribution in [0.4, 0.5) is 0 Å². The van der Waals surface area contributed by atoms with Gasteiger partial charge in [0.25, 0.3) is 0 Å². The van der Waals surface area contributed by atoms with Crippen molar-refractivity contribution in [3.63, 3.8) is 0 Å². The number of nitrogens with zero attached hydrogens (tertiary/aromatic N) is 2. The van der Waals surface area contributed by atoms with Crippen molar-refractivity contribution in [3.8, 4) is 0 Å². The Labute approximate surface area is 142 Å². The fourth-order valence-electron chi connectivity index (χ4n) is 4.11. The molecule has 5 heteroatoms. The lowest BCUT2D eigenvalue weighted by atomic mass is 9.69. The van der Waals surface area contributed by atoms with Crippen LogP contribution in [0, 0.1) is 5.41 Å². The summed E-state index contributed by atoms with van der Waals surface area (Å²) in [5, 5.41) is 11.4. The van der Waals surface area contributed by atoms with Gasteiger partial charge in [-0.05, 0) is 57.1 Å². The molecule has 0 aromatic heterocycles. The van der Waals surface area contributed by atoms with E-state index in [0.29, 0.717) is 17.7 Å². The molecule has 0 aliphatic carbocycles. The molecule has 2 aliphatic heterocycles. The highest BCUT2D eigenvalue weighted by Crippen LogP contribution is 2.41. The smallest absolute Gasteiger partial charge is 0.0503 e. The number of aliphatic hydroxyl groups is 1. The standard InChI is InChI=1S/C17H24Cl2N2O/c1-20-7-2-5-17(12-22)6-8-21(11-16(17)20)10-13-3-4-14(18)9-15(13)19/h3-4,9,16,22H,2,5-8,10-12H2,1H3/t16-,17-/m1/s1. The lowest BCUT2D eigenvalue weighted by Gasteiger charge is -2.53. The van der Waals surface area contributed by atoms with Crippen LogP contribution >= 0.6 is 23.2 Å². The number of rotatable bonds is 3. The van der Waals surface area contributed by atoms with Gasteiger partial charge in [0.15, 0.2) is 0 Å². The maximum Gasteiger partial charge on any atom is 0.0503 e. The van der Waals surface area contributed by atoms with Crippen LogP contribution in [0.25, 0.3) is 0 Å². The molecule has 1 aromatic carbocycles. The molecule has 22 heavy (non-hydrogen) atoms. The Morgan fingerprint density at radius 1 is 1.27 bits per heavy atom. The average molecular weight is 343 g/mol. The summed E-state index contributed by atoms with van der Waals surface area (Å²) in [4.78, 5) is 4.88. The zero-order valence-corrected chi connectivity index (χ0v) is 14.6. The van der Waals surface area contributed by atoms with E-state index in [1.807, 2.05) is 18.2 Å². The zero-order valence-electron chi connectivity index (χ0n) is 13.1. The molecule has 0 saturated carbocycles. The minimum absolute atomic E-state index is 0.0906. The van der Waals surface area contributed by atoms with Gasteiger partial charge in [0.2, 0.25) is 0 Å². The van der Waals surface area contributed by atoms with E-state index in [1.165, 1.54) is 6.42 Å². The Balaban J connectivity index is 1.72. The van der Waals surface area contributed by atoms with Crippen LogP contribution < -0.4 is 0 Å². The number of piperidine rings is 2. The molecular formula is C17H24Cl2N2O. The molecule has 2 saturated heterocycles. The predicted octanol–water partition coefficient (Wildman–Crippen LogP) is 3.27. The Hall–Kier alpha value is -0.320. The zero-order chi connectivity index (χ0) is 15.7. The number of aliphatic hydroxyl groups excluding tert-OH is 1. The fourth-order valence-corrected chi connectivity index (χ4v) is 4.58. The van der Waals surface area contributed by atoms with Crippen LogP contribution in [-0.2, 0) is 6.54 Å². The van der Waals surface area contributed by atoms with E-state index in [9.17, 15) is 5.11 Å². The van der Waals surface area contributed by atoms with Crippen molar-refractivity contribution in [2.75, 3.05) is 33.3 Å². The summed E-state index contributed by atoms with van der Waals surface area (Å²) in [6.07, 6.45) is 3.40. The molecule has 122 valence electrons. The highest BCUT2D eigenvalue weighted by Gasteiger charge is 2.46. The van der Waals surface area contributed by atoms with Crippen LogP contribution in [0.1, 0.15) is 24.8 Å². The van der Waals surface area contributed by atoms with Gasteiger partial charge in [-0.25, -0.2) is 0 Å². The second-order valence-corrected chi connectivity index (χ2v) is 7.68. The number of likely N-dealkylation sites (tertiary alicyclic amines) is 2. The molecule has 0 unspecified atom stereocenters. The summed E-state index contributed by atoms with van der Waals surface area (Å²) in [7, 11) is 2.19. The average Bonchev–Trinajstić information content (AvgIpc) is 2.51. The third-order valence-electron chi connectivity index (χ3n) is 5.51. The van der Waals surface area contributed by atoms with Crippen molar-refractivity contribution in [2.45, 2.75) is 31.8 Å². The molecule has 2 atom stereocenters. The van der Waals surface area contributed by atoms with Crippen molar-refractivity contribution >= 4 is 23.2 Å². The monoisotopic (exact) mass is 342 g/mol. The van der Waals surface area contributed by atoms with Gasteiger partial charge in [-0.3, -0.25) is 4.90 Å². The van der Waals surface area contributed by atoms with E-state index >= 15 is 0 Å². The SMILES string of the molecule is CN1CCC[C@]2(CO)CCN(Cc3ccc(Cl)cc3Cl)C[C@@H]12. The largest absolute Gasteiger partial charge is 0.396 e. The number of halogens is 2. The van der Waals surface area contributed by atoms with E-state index in [0.717, 1.165) is 49.6 Å². The van der Waals surface area contributed by atoms with Crippen molar-refractivity contribution in [1.29, 1.82) is 0 Å². The van der Waals surface area contributed by atoms with Crippen molar-refractivity contribution in [1.82, 2.24) is 9.80 Å². The van der Waals surface area contributed by atoms with Gasteiger partial charge in [-0.1, -0.05) is 29.3 Å². The summed E-state index contributed by atoms with van der Waals surface area (Å²) >= 11 is 12.3. The first-order valence-corrected chi connectivity index (χ1v) is 8.77. The van der Waals surface area contributed by atoms with E-state index in [4.69, 9.17) is 23.2 Å². The van der Waals surface area contributed by atoms with Gasteiger partial charge in [0, 0.05) is 34.6 Å². The van der Waals surface area contributed by atoms with Crippen LogP contribution in [0.5, 0.6) is 0 Å². The normalized spacial score (nSPS) is 30.3. The van der Waals surface area contributed by atoms with Crippen LogP contribution in [0.2, 0.25) is 10.0 Å². The highest BCUT2D eigenvalue weighted by molar-refractivity contribution is 6.35. The van der Waals surface area contributed by atoms with Crippen LogP contribution in [-0.4, -0.2) is 54.2 Å². The first-order valence-electron chi connectivity index (χ1n) is 8.01. The quantitative estimate of drug-likeness (QED) is 0.913. The van der Waals surface area contributed by atoms with Gasteiger partial charge in [0.05, 0.1) is 6.61 Å². The Bertz CT molecular complexity index is 539. The maximum absolute atomic E-state index is 9.96. The molecule has 3 nitrogen and oxygen atoms in total. The molecular weight excluding hydrogens is 319 g/mol. The summed E-state index contributed by atoms with van der Waals surface area (Å²) in [6.45, 7) is 4.29. The highest BCUT2D eigenvalue weighted by atomic mass is 35.5. The van der Waals surface area contributed by atoms with E-state index in [1.54, 1.807) is 0 Å². The van der Waals surface area contributed by atoms with Gasteiger partial charge in [-0.2, -0.15) is 0 Å². The van der Waals surface area contributed by atoms with E-state index in [2.05, 4.69) is 16.8 Å². The lowest BCUT2D eigenvalue weighted by Crippen LogP contribution is -2.61. The number of likely N-dealkylation sites (N-methyl/N-ethyl adjacent to an activating group) is 1. The molecule has 0 amide bonds. The Morgan fingerprint density at radius 2 is 2.09 bits per heavy atom. The molecule has 2 fully saturated rings. The molecule has 2 aliphatic rings. The number of benzene rings is 1. The summed E-state index contributed by atoms with van der Waals surface area (Å²) < 4.78 is 0. The van der Waals surface area contributed by atoms with Gasteiger partial charge >= 0.3 is 0 Å². The Morgan fingerprint density at radius 3 is 2.82 bits per heavy atom. The predicted molar refractivity (Wildman–Crippen MR) is 91.5 cm³/mol. The van der Waals surface area contributed by atoms with Gasteiger partial charge in [0.1, 0.15) is 0 Å². The van der Waals surface area contributed by atoms with Crippen molar-refractivity contribution in [2.24, 2.45) is 5.41 Å². The molecule has 0 radical (unpaired) electrons. The number of hydrogen-bond donors (Lipinski definition) is 1. The van der Waals surface area contributed by atoms with Gasteiger partial charge in [-0.15, -0.1) is 0 Å². The maximum atomic E-state index is 9.96. The minimum atomic E-state index is 0.0906. The molecule has 2 heterocycles. The minimum Gasteiger partial charge on any atom is -0.396 e. The van der Waals surface area contributed by atoms with Crippen LogP contribution in [0.3, 0.4) is 0 Å². The first kappa shape index (κ1) is 16.5. The lowest BCUT2D eigenvalue weighted by molar-refractivity contribution is -0.0684. The molecule has 1 aromatic rings. The topological polar surface area (TPSA) is 26.7 Å². The van der Waals surface area contributed by atoms with Crippen molar-refractivity contribution in [3.05, 3.63) is 33.8 Å². The fraction of sp³-hybridized carbons (Fsp3) is 0.647. The van der Waals surface area contributed by atoms with Crippen LogP contribution in [0.15, 0.2) is 18.2 Å². The molecule has 0 spiro atoms. The third-order valence-corrected chi connectivity index (χ3v) is 6.09. The molecule has 1 N–H and O–H groups in total. The molecule has 0 bridgehead atoms. The van der Waals surface area contributed by atoms with E-state index in [-0.39, 0.29) is 5.41 Å². The third kappa shape index (κ3) is 3.15. The second kappa shape index (κ2) is 6.66. The summed E-state index contributed by atoms with van der Waals surface area (Å²) in [5.41, 5.74) is 1.22. The van der Waals surface area contributed by atoms with Crippen molar-refractivity contribution < 1.29 is 5.11 Å². The first-order chi connectivity index (χ1) is 10.5. The summed E-state index contributed by atoms with van der Waals surface area (Å²) in [5.74, 6) is 0. The number of fused-ring (bicyclic) bond motifs is 1. The second-order valence-electron chi connectivity index (χ2n) is 6.84. The molecule has 3 rings (SSSR count).